The van der Waals surface area contributed by atoms with Gasteiger partial charge < -0.3 is 33.8 Å². The van der Waals surface area contributed by atoms with Crippen molar-refractivity contribution in [2.24, 2.45) is 7.05 Å². The lowest BCUT2D eigenvalue weighted by atomic mass is 9.86. The highest BCUT2D eigenvalue weighted by Crippen LogP contribution is 2.45. The largest absolute Gasteiger partial charge is 0.490 e. The van der Waals surface area contributed by atoms with Crippen molar-refractivity contribution in [1.82, 2.24) is 28.7 Å². The zero-order valence-electron chi connectivity index (χ0n) is 30.2. The number of benzene rings is 1. The number of fused-ring (bicyclic) bond motifs is 2. The van der Waals surface area contributed by atoms with Gasteiger partial charge in [-0.3, -0.25) is 0 Å². The van der Waals surface area contributed by atoms with Gasteiger partial charge in [-0.2, -0.15) is 9.36 Å². The molecule has 0 spiro atoms. The van der Waals surface area contributed by atoms with Crippen LogP contribution in [0.4, 0.5) is 15.1 Å². The number of likely N-dealkylation sites (tertiary alicyclic amines) is 1. The zero-order chi connectivity index (χ0) is 36.2. The van der Waals surface area contributed by atoms with Crippen molar-refractivity contribution < 1.29 is 28.6 Å². The fraction of sp³-hybridized carbons (Fsp3) is 0.541. The van der Waals surface area contributed by atoms with Crippen LogP contribution in [0.3, 0.4) is 0 Å². The molecule has 2 amide bonds. The van der Waals surface area contributed by atoms with Crippen LogP contribution in [0.5, 0.6) is 5.75 Å². The van der Waals surface area contributed by atoms with E-state index < -0.39 is 23.5 Å². The number of carboxylic acids is 1. The van der Waals surface area contributed by atoms with E-state index in [4.69, 9.17) is 23.8 Å². The molecule has 3 aliphatic rings. The maximum Gasteiger partial charge on any atom is 0.337 e. The Kier molecular flexibility index (Phi) is 9.42. The number of carbonyl (C=O) groups excluding carboxylic acids is 1. The number of piperidine rings is 1. The fourth-order valence-corrected chi connectivity index (χ4v) is 8.34. The first-order valence-corrected chi connectivity index (χ1v) is 18.6. The Bertz CT molecular complexity index is 1990. The van der Waals surface area contributed by atoms with Gasteiger partial charge >= 0.3 is 12.0 Å². The summed E-state index contributed by atoms with van der Waals surface area (Å²) in [5.41, 5.74) is 4.21. The second-order valence-corrected chi connectivity index (χ2v) is 15.5. The van der Waals surface area contributed by atoms with Gasteiger partial charge in [0.2, 0.25) is 5.95 Å². The Hall–Kier alpha value is -4.30. The van der Waals surface area contributed by atoms with Crippen molar-refractivity contribution in [3.63, 3.8) is 0 Å². The fourth-order valence-electron chi connectivity index (χ4n) is 7.61. The summed E-state index contributed by atoms with van der Waals surface area (Å²) >= 11 is 1.27. The molecule has 51 heavy (non-hydrogen) atoms. The molecule has 7 rings (SSSR count). The summed E-state index contributed by atoms with van der Waals surface area (Å²) in [7, 11) is 1.90. The number of anilines is 1. The van der Waals surface area contributed by atoms with E-state index in [-0.39, 0.29) is 11.8 Å². The first kappa shape index (κ1) is 35.1. The number of aromatic nitrogens is 4. The number of ether oxygens (including phenoxy) is 2. The van der Waals surface area contributed by atoms with E-state index in [0.717, 1.165) is 49.2 Å². The molecule has 0 saturated carbocycles. The molecule has 1 N–H and O–H groups in total. The predicted octanol–water partition coefficient (Wildman–Crippen LogP) is 6.51. The summed E-state index contributed by atoms with van der Waals surface area (Å²) < 4.78 is 34.4. The van der Waals surface area contributed by atoms with Crippen molar-refractivity contribution >= 4 is 40.5 Å². The van der Waals surface area contributed by atoms with Gasteiger partial charge in [-0.05, 0) is 102 Å². The number of pyridine rings is 1. The van der Waals surface area contributed by atoms with Crippen molar-refractivity contribution in [2.75, 3.05) is 50.8 Å². The summed E-state index contributed by atoms with van der Waals surface area (Å²) in [4.78, 5) is 41.9. The average Bonchev–Trinajstić information content (AvgIpc) is 3.73. The van der Waals surface area contributed by atoms with Crippen LogP contribution >= 0.6 is 11.5 Å². The second kappa shape index (κ2) is 13.7. The van der Waals surface area contributed by atoms with Crippen LogP contribution in [0.15, 0.2) is 12.1 Å². The number of halogens is 1. The molecule has 272 valence electrons. The second-order valence-electron chi connectivity index (χ2n) is 14.8. The molecular formula is C37H46FN7O5S. The number of aryl methyl sites for hydroxylation is 2. The smallest absolute Gasteiger partial charge is 0.337 e. The molecule has 2 fully saturated rings. The Morgan fingerprint density at radius 3 is 2.39 bits per heavy atom. The van der Waals surface area contributed by atoms with Crippen molar-refractivity contribution in [2.45, 2.75) is 78.4 Å². The lowest BCUT2D eigenvalue weighted by Gasteiger charge is -2.38. The van der Waals surface area contributed by atoms with Gasteiger partial charge in [0.25, 0.3) is 0 Å². The van der Waals surface area contributed by atoms with Crippen LogP contribution in [-0.2, 0) is 23.0 Å². The van der Waals surface area contributed by atoms with Crippen LogP contribution in [0.1, 0.15) is 74.9 Å². The summed E-state index contributed by atoms with van der Waals surface area (Å²) in [6.45, 7) is 13.7. The molecule has 0 unspecified atom stereocenters. The van der Waals surface area contributed by atoms with Gasteiger partial charge in [-0.15, -0.1) is 0 Å². The van der Waals surface area contributed by atoms with Gasteiger partial charge in [0, 0.05) is 74.1 Å². The van der Waals surface area contributed by atoms with Crippen molar-refractivity contribution in [3.05, 3.63) is 40.3 Å². The third-order valence-electron chi connectivity index (χ3n) is 10.2. The number of amides is 2. The minimum atomic E-state index is -1.36. The van der Waals surface area contributed by atoms with Gasteiger partial charge in [0.05, 0.1) is 17.9 Å². The Labute approximate surface area is 301 Å². The Morgan fingerprint density at radius 2 is 1.71 bits per heavy atom. The SMILES string of the molecule is Cc1nc2c(cc(-c3nc(N4CCN(C(=O)N5CCCCC5)CC4)ns3)n2C)c(-c2cc(F)c3c(c2C)CCCO3)c1[C@H](OC(C)(C)C)C(=O)O. The molecular weight excluding hydrogens is 674 g/mol. The number of carboxylic acid groups (broad SMARTS) is 1. The minimum absolute atomic E-state index is 0.120. The van der Waals surface area contributed by atoms with Crippen LogP contribution in [0.2, 0.25) is 0 Å². The highest BCUT2D eigenvalue weighted by atomic mass is 32.1. The van der Waals surface area contributed by atoms with Crippen molar-refractivity contribution in [1.29, 1.82) is 0 Å². The number of carbonyl (C=O) groups is 2. The van der Waals surface area contributed by atoms with E-state index in [1.54, 1.807) is 6.92 Å². The molecule has 4 aromatic rings. The molecule has 3 aliphatic heterocycles. The number of hydrogen-bond acceptors (Lipinski definition) is 9. The number of urea groups is 1. The standard InChI is InChI=1S/C37H46FN7O5S/c1-21-23-11-10-18-49-30(23)26(38)19-24(21)29-25-20-27(42(6)32(25)39-22(2)28(29)31(34(46)47)50-37(3,4)5)33-40-35(41-51-33)43-14-16-45(17-15-43)36(48)44-12-8-7-9-13-44/h19-20,31H,7-18H2,1-6H3,(H,46,47)/t31-/m0/s1. The highest BCUT2D eigenvalue weighted by molar-refractivity contribution is 7.09. The topological polar surface area (TPSA) is 126 Å². The van der Waals surface area contributed by atoms with E-state index in [0.29, 0.717) is 83.6 Å². The maximum atomic E-state index is 15.8. The first-order valence-electron chi connectivity index (χ1n) is 17.8. The number of rotatable bonds is 6. The quantitative estimate of drug-likeness (QED) is 0.238. The van der Waals surface area contributed by atoms with Crippen LogP contribution in [-0.4, -0.2) is 97.3 Å². The molecule has 0 aliphatic carbocycles. The van der Waals surface area contributed by atoms with Crippen LogP contribution < -0.4 is 9.64 Å². The lowest BCUT2D eigenvalue weighted by molar-refractivity contribution is -0.160. The number of hydrogen-bond donors (Lipinski definition) is 1. The average molecular weight is 720 g/mol. The molecule has 2 saturated heterocycles. The predicted molar refractivity (Wildman–Crippen MR) is 194 cm³/mol. The van der Waals surface area contributed by atoms with Gasteiger partial charge in [0.15, 0.2) is 22.7 Å². The first-order chi connectivity index (χ1) is 24.3. The van der Waals surface area contributed by atoms with E-state index in [9.17, 15) is 14.7 Å². The Morgan fingerprint density at radius 1 is 1.00 bits per heavy atom. The highest BCUT2D eigenvalue weighted by Gasteiger charge is 2.35. The molecule has 12 nitrogen and oxygen atoms in total. The monoisotopic (exact) mass is 719 g/mol. The summed E-state index contributed by atoms with van der Waals surface area (Å²) in [6, 6.07) is 3.52. The summed E-state index contributed by atoms with van der Waals surface area (Å²) in [5.74, 6) is -0.770. The zero-order valence-corrected chi connectivity index (χ0v) is 31.0. The summed E-state index contributed by atoms with van der Waals surface area (Å²) in [6.07, 6.45) is 3.37. The lowest BCUT2D eigenvalue weighted by Crippen LogP contribution is -2.53. The van der Waals surface area contributed by atoms with E-state index in [2.05, 4.69) is 4.90 Å². The van der Waals surface area contributed by atoms with Gasteiger partial charge in [-0.25, -0.2) is 19.0 Å². The third-order valence-corrected chi connectivity index (χ3v) is 10.9. The minimum Gasteiger partial charge on any atom is -0.490 e. The molecule has 1 atom stereocenters. The number of aliphatic carboxylic acids is 1. The molecule has 0 radical (unpaired) electrons. The van der Waals surface area contributed by atoms with E-state index in [1.807, 2.05) is 55.2 Å². The molecule has 6 heterocycles. The molecule has 3 aromatic heterocycles. The normalized spacial score (nSPS) is 17.4. The molecule has 1 aromatic carbocycles. The van der Waals surface area contributed by atoms with E-state index >= 15 is 4.39 Å². The van der Waals surface area contributed by atoms with E-state index in [1.165, 1.54) is 24.0 Å². The van der Waals surface area contributed by atoms with Gasteiger partial charge in [-0.1, -0.05) is 0 Å². The number of piperazine rings is 1. The maximum absolute atomic E-state index is 15.8. The molecule has 0 bridgehead atoms. The van der Waals surface area contributed by atoms with Gasteiger partial charge in [0.1, 0.15) is 5.65 Å². The van der Waals surface area contributed by atoms with Crippen molar-refractivity contribution in [3.8, 4) is 27.6 Å². The number of nitrogens with zero attached hydrogens (tertiary/aromatic N) is 7. The summed E-state index contributed by atoms with van der Waals surface area (Å²) in [5, 5.41) is 11.9. The third kappa shape index (κ3) is 6.63. The van der Waals surface area contributed by atoms with Crippen LogP contribution in [0, 0.1) is 19.7 Å². The Balaban J connectivity index is 1.29. The molecule has 14 heteroatoms. The van der Waals surface area contributed by atoms with Crippen LogP contribution in [0.25, 0.3) is 32.9 Å².